The lowest BCUT2D eigenvalue weighted by Gasteiger charge is -2.06. The molecule has 0 fully saturated rings. The molecule has 1 aromatic carbocycles. The maximum atomic E-state index is 11.7. The summed E-state index contributed by atoms with van der Waals surface area (Å²) in [4.78, 5) is 0. The SMILES string of the molecule is Cc1c[c]ccc1OCC(F)F. The minimum Gasteiger partial charge on any atom is -0.487 e. The predicted octanol–water partition coefficient (Wildman–Crippen LogP) is 2.44. The van der Waals surface area contributed by atoms with Crippen molar-refractivity contribution in [3.05, 3.63) is 29.8 Å². The number of hydrogen-bond acceptors (Lipinski definition) is 1. The van der Waals surface area contributed by atoms with E-state index in [0.717, 1.165) is 5.56 Å². The minimum atomic E-state index is -2.42. The Bertz CT molecular complexity index is 248. The summed E-state index contributed by atoms with van der Waals surface area (Å²) in [6.07, 6.45) is -2.42. The van der Waals surface area contributed by atoms with Crippen LogP contribution in [0.5, 0.6) is 5.75 Å². The van der Waals surface area contributed by atoms with Crippen LogP contribution >= 0.6 is 0 Å². The molecule has 0 aromatic heterocycles. The summed E-state index contributed by atoms with van der Waals surface area (Å²) in [5.74, 6) is 0.494. The van der Waals surface area contributed by atoms with Gasteiger partial charge in [-0.05, 0) is 30.7 Å². The third kappa shape index (κ3) is 2.49. The van der Waals surface area contributed by atoms with Crippen molar-refractivity contribution in [1.29, 1.82) is 0 Å². The van der Waals surface area contributed by atoms with Crippen LogP contribution in [-0.4, -0.2) is 13.0 Å². The van der Waals surface area contributed by atoms with E-state index in [9.17, 15) is 8.78 Å². The fourth-order valence-corrected chi connectivity index (χ4v) is 0.814. The van der Waals surface area contributed by atoms with Gasteiger partial charge in [0.15, 0.2) is 0 Å². The molecule has 0 saturated carbocycles. The first-order valence-electron chi connectivity index (χ1n) is 3.58. The Morgan fingerprint density at radius 2 is 2.33 bits per heavy atom. The van der Waals surface area contributed by atoms with Crippen molar-refractivity contribution in [2.45, 2.75) is 13.3 Å². The van der Waals surface area contributed by atoms with E-state index in [1.54, 1.807) is 25.1 Å². The molecule has 0 aliphatic heterocycles. The zero-order valence-corrected chi connectivity index (χ0v) is 6.68. The van der Waals surface area contributed by atoms with Crippen LogP contribution in [0.2, 0.25) is 0 Å². The van der Waals surface area contributed by atoms with E-state index in [1.165, 1.54) is 0 Å². The Hall–Kier alpha value is -1.12. The molecule has 0 aliphatic carbocycles. The van der Waals surface area contributed by atoms with Gasteiger partial charge in [0, 0.05) is 0 Å². The molecule has 3 heteroatoms. The Morgan fingerprint density at radius 3 is 2.92 bits per heavy atom. The number of ether oxygens (including phenoxy) is 1. The van der Waals surface area contributed by atoms with E-state index in [2.05, 4.69) is 6.07 Å². The van der Waals surface area contributed by atoms with Crippen molar-refractivity contribution < 1.29 is 13.5 Å². The van der Waals surface area contributed by atoms with Gasteiger partial charge in [-0.1, -0.05) is 6.07 Å². The molecule has 1 radical (unpaired) electrons. The van der Waals surface area contributed by atoms with E-state index in [1.807, 2.05) is 0 Å². The average molecular weight is 171 g/mol. The van der Waals surface area contributed by atoms with Crippen LogP contribution in [0, 0.1) is 13.0 Å². The number of halogens is 2. The summed E-state index contributed by atoms with van der Waals surface area (Å²) in [6.45, 7) is 1.24. The predicted molar refractivity (Wildman–Crippen MR) is 41.5 cm³/mol. The van der Waals surface area contributed by atoms with Gasteiger partial charge in [0.25, 0.3) is 6.43 Å². The van der Waals surface area contributed by atoms with Gasteiger partial charge in [-0.3, -0.25) is 0 Å². The first kappa shape index (κ1) is 8.97. The van der Waals surface area contributed by atoms with E-state index in [4.69, 9.17) is 4.74 Å². The Labute approximate surface area is 70.0 Å². The van der Waals surface area contributed by atoms with Crippen LogP contribution in [0.1, 0.15) is 5.56 Å². The highest BCUT2D eigenvalue weighted by atomic mass is 19.3. The molecule has 0 aliphatic rings. The normalized spacial score (nSPS) is 10.3. The number of hydrogen-bond donors (Lipinski definition) is 0. The molecule has 12 heavy (non-hydrogen) atoms. The quantitative estimate of drug-likeness (QED) is 0.678. The lowest BCUT2D eigenvalue weighted by atomic mass is 10.2. The molecular weight excluding hydrogens is 162 g/mol. The largest absolute Gasteiger partial charge is 0.487 e. The molecule has 65 valence electrons. The highest BCUT2D eigenvalue weighted by Crippen LogP contribution is 2.16. The van der Waals surface area contributed by atoms with Crippen LogP contribution in [0.15, 0.2) is 18.2 Å². The molecule has 1 nitrogen and oxygen atoms in total. The molecule has 0 bridgehead atoms. The van der Waals surface area contributed by atoms with Gasteiger partial charge in [-0.2, -0.15) is 0 Å². The van der Waals surface area contributed by atoms with Crippen LogP contribution in [0.25, 0.3) is 0 Å². The standard InChI is InChI=1S/C9H9F2O/c1-7-4-2-3-5-8(7)12-6-9(10)11/h3-5,9H,6H2,1H3. The lowest BCUT2D eigenvalue weighted by molar-refractivity contribution is 0.0816. The van der Waals surface area contributed by atoms with Gasteiger partial charge in [-0.25, -0.2) is 8.78 Å². The monoisotopic (exact) mass is 171 g/mol. The van der Waals surface area contributed by atoms with E-state index in [0.29, 0.717) is 5.75 Å². The van der Waals surface area contributed by atoms with E-state index in [-0.39, 0.29) is 0 Å². The summed E-state index contributed by atoms with van der Waals surface area (Å²) in [6, 6.07) is 7.77. The first-order valence-corrected chi connectivity index (χ1v) is 3.58. The topological polar surface area (TPSA) is 9.23 Å². The van der Waals surface area contributed by atoms with Gasteiger partial charge in [-0.15, -0.1) is 0 Å². The first-order chi connectivity index (χ1) is 5.70. The van der Waals surface area contributed by atoms with E-state index >= 15 is 0 Å². The second-order valence-corrected chi connectivity index (χ2v) is 2.39. The van der Waals surface area contributed by atoms with Gasteiger partial charge in [0.2, 0.25) is 0 Å². The van der Waals surface area contributed by atoms with Crippen LogP contribution in [0.3, 0.4) is 0 Å². The Kier molecular flexibility index (Phi) is 3.02. The second kappa shape index (κ2) is 4.04. The van der Waals surface area contributed by atoms with Crippen molar-refractivity contribution in [2.75, 3.05) is 6.61 Å². The molecule has 0 atom stereocenters. The summed E-state index contributed by atoms with van der Waals surface area (Å²) < 4.78 is 28.3. The van der Waals surface area contributed by atoms with Crippen molar-refractivity contribution in [3.8, 4) is 5.75 Å². The zero-order chi connectivity index (χ0) is 8.97. The Balaban J connectivity index is 2.57. The van der Waals surface area contributed by atoms with Gasteiger partial charge in [0.05, 0.1) is 0 Å². The maximum Gasteiger partial charge on any atom is 0.272 e. The van der Waals surface area contributed by atoms with Crippen molar-refractivity contribution in [2.24, 2.45) is 0 Å². The summed E-state index contributed by atoms with van der Waals surface area (Å²) in [7, 11) is 0. The number of alkyl halides is 2. The van der Waals surface area contributed by atoms with Gasteiger partial charge in [0.1, 0.15) is 12.4 Å². The molecule has 0 heterocycles. The number of benzene rings is 1. The van der Waals surface area contributed by atoms with Crippen LogP contribution in [-0.2, 0) is 0 Å². The molecule has 0 unspecified atom stereocenters. The summed E-state index contributed by atoms with van der Waals surface area (Å²) in [5, 5.41) is 0. The van der Waals surface area contributed by atoms with E-state index < -0.39 is 13.0 Å². The highest BCUT2D eigenvalue weighted by molar-refractivity contribution is 5.31. The second-order valence-electron chi connectivity index (χ2n) is 2.39. The number of aryl methyl sites for hydroxylation is 1. The molecule has 1 aromatic rings. The molecule has 0 amide bonds. The van der Waals surface area contributed by atoms with Gasteiger partial charge < -0.3 is 4.74 Å². The summed E-state index contributed by atoms with van der Waals surface area (Å²) in [5.41, 5.74) is 0.818. The van der Waals surface area contributed by atoms with Crippen molar-refractivity contribution in [3.63, 3.8) is 0 Å². The fraction of sp³-hybridized carbons (Fsp3) is 0.333. The number of rotatable bonds is 3. The highest BCUT2D eigenvalue weighted by Gasteiger charge is 2.04. The third-order valence-electron chi connectivity index (χ3n) is 1.38. The van der Waals surface area contributed by atoms with Crippen LogP contribution < -0.4 is 4.74 Å². The average Bonchev–Trinajstić information content (AvgIpc) is 2.03. The third-order valence-corrected chi connectivity index (χ3v) is 1.38. The summed E-state index contributed by atoms with van der Waals surface area (Å²) >= 11 is 0. The smallest absolute Gasteiger partial charge is 0.272 e. The molecule has 0 spiro atoms. The maximum absolute atomic E-state index is 11.7. The van der Waals surface area contributed by atoms with Crippen LogP contribution in [0.4, 0.5) is 8.78 Å². The molecule has 0 N–H and O–H groups in total. The molecular formula is C9H9F2O. The lowest BCUT2D eigenvalue weighted by Crippen LogP contribution is -2.07. The van der Waals surface area contributed by atoms with Crippen molar-refractivity contribution in [1.82, 2.24) is 0 Å². The molecule has 1 rings (SSSR count). The Morgan fingerprint density at radius 1 is 1.58 bits per heavy atom. The van der Waals surface area contributed by atoms with Crippen molar-refractivity contribution >= 4 is 0 Å². The zero-order valence-electron chi connectivity index (χ0n) is 6.68. The molecule has 0 saturated heterocycles. The fourth-order valence-electron chi connectivity index (χ4n) is 0.814. The minimum absolute atomic E-state index is 0.494. The van der Waals surface area contributed by atoms with Gasteiger partial charge >= 0.3 is 0 Å².